The molecule has 3 aromatic rings. The van der Waals surface area contributed by atoms with E-state index in [2.05, 4.69) is 38.6 Å². The molecule has 0 unspecified atom stereocenters. The van der Waals surface area contributed by atoms with Crippen LogP contribution in [0.2, 0.25) is 0 Å². The van der Waals surface area contributed by atoms with Crippen LogP contribution in [0.1, 0.15) is 22.5 Å². The number of aliphatic hydroxyl groups is 1. The van der Waals surface area contributed by atoms with Crippen LogP contribution in [0.15, 0.2) is 42.7 Å². The molecule has 0 saturated carbocycles. The standard InChI is InChI=1S/C19H21N5O/c1-14-3-2-6-20-19(14)18-9-17-12-23(7-8-24(17)22-18)11-16-5-4-15(13-25)10-21-16/h2-6,9-10,25H,7-8,11-13H2,1H3. The summed E-state index contributed by atoms with van der Waals surface area (Å²) in [4.78, 5) is 11.3. The Morgan fingerprint density at radius 1 is 1.16 bits per heavy atom. The van der Waals surface area contributed by atoms with Gasteiger partial charge in [0.25, 0.3) is 0 Å². The monoisotopic (exact) mass is 335 g/mol. The number of hydrogen-bond donors (Lipinski definition) is 1. The van der Waals surface area contributed by atoms with Crippen molar-refractivity contribution in [1.82, 2.24) is 24.6 Å². The summed E-state index contributed by atoms with van der Waals surface area (Å²) in [5.74, 6) is 0. The summed E-state index contributed by atoms with van der Waals surface area (Å²) in [7, 11) is 0. The van der Waals surface area contributed by atoms with E-state index < -0.39 is 0 Å². The number of pyridine rings is 2. The second-order valence-electron chi connectivity index (χ2n) is 6.44. The molecule has 0 atom stereocenters. The maximum Gasteiger partial charge on any atom is 0.111 e. The number of fused-ring (bicyclic) bond motifs is 1. The Labute approximate surface area is 146 Å². The van der Waals surface area contributed by atoms with Crippen LogP contribution >= 0.6 is 0 Å². The van der Waals surface area contributed by atoms with Gasteiger partial charge in [-0.25, -0.2) is 0 Å². The zero-order chi connectivity index (χ0) is 17.2. The molecule has 1 aliphatic rings. The molecular formula is C19H21N5O. The molecule has 0 radical (unpaired) electrons. The highest BCUT2D eigenvalue weighted by atomic mass is 16.3. The fraction of sp³-hybridized carbons (Fsp3) is 0.316. The van der Waals surface area contributed by atoms with Gasteiger partial charge in [-0.05, 0) is 36.2 Å². The molecule has 0 spiro atoms. The first-order chi connectivity index (χ1) is 12.2. The first-order valence-corrected chi connectivity index (χ1v) is 8.48. The highest BCUT2D eigenvalue weighted by molar-refractivity contribution is 5.58. The van der Waals surface area contributed by atoms with E-state index in [-0.39, 0.29) is 6.61 Å². The zero-order valence-corrected chi connectivity index (χ0v) is 14.3. The Kier molecular flexibility index (Phi) is 4.29. The van der Waals surface area contributed by atoms with Crippen LogP contribution in [0.4, 0.5) is 0 Å². The van der Waals surface area contributed by atoms with Crippen LogP contribution in [0, 0.1) is 6.92 Å². The number of nitrogens with zero attached hydrogens (tertiary/aromatic N) is 5. The molecular weight excluding hydrogens is 314 g/mol. The molecule has 3 aromatic heterocycles. The molecule has 25 heavy (non-hydrogen) atoms. The fourth-order valence-corrected chi connectivity index (χ4v) is 3.20. The molecule has 1 aliphatic heterocycles. The van der Waals surface area contributed by atoms with Gasteiger partial charge in [0.1, 0.15) is 5.69 Å². The predicted octanol–water partition coefficient (Wildman–Crippen LogP) is 2.16. The van der Waals surface area contributed by atoms with Crippen molar-refractivity contribution < 1.29 is 5.11 Å². The van der Waals surface area contributed by atoms with E-state index in [0.29, 0.717) is 0 Å². The van der Waals surface area contributed by atoms with Gasteiger partial charge in [0, 0.05) is 32.0 Å². The summed E-state index contributed by atoms with van der Waals surface area (Å²) in [5.41, 5.74) is 6.11. The Hall–Kier alpha value is -2.57. The quantitative estimate of drug-likeness (QED) is 0.791. The summed E-state index contributed by atoms with van der Waals surface area (Å²) < 4.78 is 2.09. The molecule has 1 N–H and O–H groups in total. The van der Waals surface area contributed by atoms with Crippen LogP contribution in [0.25, 0.3) is 11.4 Å². The third kappa shape index (κ3) is 3.31. The lowest BCUT2D eigenvalue weighted by Gasteiger charge is -2.27. The molecule has 6 nitrogen and oxygen atoms in total. The molecule has 0 aromatic carbocycles. The molecule has 4 heterocycles. The lowest BCUT2D eigenvalue weighted by atomic mass is 10.1. The highest BCUT2D eigenvalue weighted by Gasteiger charge is 2.20. The van der Waals surface area contributed by atoms with Crippen molar-refractivity contribution in [3.05, 3.63) is 65.2 Å². The molecule has 0 saturated heterocycles. The van der Waals surface area contributed by atoms with Crippen molar-refractivity contribution in [3.8, 4) is 11.4 Å². The average molecular weight is 335 g/mol. The lowest BCUT2D eigenvalue weighted by Crippen LogP contribution is -2.33. The Bertz CT molecular complexity index is 872. The molecule has 4 rings (SSSR count). The van der Waals surface area contributed by atoms with Gasteiger partial charge in [0.05, 0.1) is 30.2 Å². The van der Waals surface area contributed by atoms with E-state index in [1.54, 1.807) is 6.20 Å². The van der Waals surface area contributed by atoms with Crippen LogP contribution in [0.5, 0.6) is 0 Å². The molecule has 6 heteroatoms. The second kappa shape index (κ2) is 6.74. The van der Waals surface area contributed by atoms with Crippen LogP contribution in [-0.2, 0) is 26.2 Å². The summed E-state index contributed by atoms with van der Waals surface area (Å²) in [6.45, 7) is 5.56. The minimum Gasteiger partial charge on any atom is -0.392 e. The van der Waals surface area contributed by atoms with E-state index >= 15 is 0 Å². The molecule has 0 bridgehead atoms. The van der Waals surface area contributed by atoms with Crippen molar-refractivity contribution in [2.24, 2.45) is 0 Å². The summed E-state index contributed by atoms with van der Waals surface area (Å²) in [6.07, 6.45) is 3.56. The van der Waals surface area contributed by atoms with Crippen LogP contribution < -0.4 is 0 Å². The van der Waals surface area contributed by atoms with Gasteiger partial charge in [-0.3, -0.25) is 19.5 Å². The topological polar surface area (TPSA) is 67.1 Å². The fourth-order valence-electron chi connectivity index (χ4n) is 3.20. The van der Waals surface area contributed by atoms with Gasteiger partial charge in [-0.1, -0.05) is 12.1 Å². The van der Waals surface area contributed by atoms with E-state index in [9.17, 15) is 0 Å². The first kappa shape index (κ1) is 15.9. The van der Waals surface area contributed by atoms with Gasteiger partial charge in [-0.15, -0.1) is 0 Å². The third-order valence-corrected chi connectivity index (χ3v) is 4.58. The Morgan fingerprint density at radius 3 is 2.84 bits per heavy atom. The van der Waals surface area contributed by atoms with E-state index in [0.717, 1.165) is 54.4 Å². The maximum absolute atomic E-state index is 9.11. The minimum atomic E-state index is 0.0336. The summed E-state index contributed by atoms with van der Waals surface area (Å²) in [6, 6.07) is 10.1. The first-order valence-electron chi connectivity index (χ1n) is 8.48. The van der Waals surface area contributed by atoms with E-state index in [1.165, 1.54) is 5.69 Å². The lowest BCUT2D eigenvalue weighted by molar-refractivity contribution is 0.203. The Morgan fingerprint density at radius 2 is 2.08 bits per heavy atom. The zero-order valence-electron chi connectivity index (χ0n) is 14.3. The maximum atomic E-state index is 9.11. The predicted molar refractivity (Wildman–Crippen MR) is 94.5 cm³/mol. The second-order valence-corrected chi connectivity index (χ2v) is 6.44. The molecule has 0 amide bonds. The molecule has 0 aliphatic carbocycles. The molecule has 128 valence electrons. The highest BCUT2D eigenvalue weighted by Crippen LogP contribution is 2.23. The van der Waals surface area contributed by atoms with Crippen molar-refractivity contribution in [3.63, 3.8) is 0 Å². The third-order valence-electron chi connectivity index (χ3n) is 4.58. The number of aromatic nitrogens is 4. The van der Waals surface area contributed by atoms with Crippen molar-refractivity contribution in [2.45, 2.75) is 33.2 Å². The van der Waals surface area contributed by atoms with E-state index in [4.69, 9.17) is 10.2 Å². The SMILES string of the molecule is Cc1cccnc1-c1cc2n(n1)CCN(Cc1ccc(CO)cn1)C2. The molecule has 0 fully saturated rings. The van der Waals surface area contributed by atoms with Crippen LogP contribution in [0.3, 0.4) is 0 Å². The number of hydrogen-bond acceptors (Lipinski definition) is 5. The average Bonchev–Trinajstić information content (AvgIpc) is 3.06. The van der Waals surface area contributed by atoms with Crippen molar-refractivity contribution in [1.29, 1.82) is 0 Å². The normalized spacial score (nSPS) is 14.5. The summed E-state index contributed by atoms with van der Waals surface area (Å²) >= 11 is 0. The van der Waals surface area contributed by atoms with Gasteiger partial charge >= 0.3 is 0 Å². The van der Waals surface area contributed by atoms with Gasteiger partial charge in [-0.2, -0.15) is 5.10 Å². The summed E-state index contributed by atoms with van der Waals surface area (Å²) in [5, 5.41) is 13.8. The largest absolute Gasteiger partial charge is 0.392 e. The van der Waals surface area contributed by atoms with Crippen molar-refractivity contribution in [2.75, 3.05) is 6.54 Å². The number of aliphatic hydroxyl groups excluding tert-OH is 1. The van der Waals surface area contributed by atoms with Gasteiger partial charge < -0.3 is 5.11 Å². The van der Waals surface area contributed by atoms with Crippen LogP contribution in [-0.4, -0.2) is 36.3 Å². The number of rotatable bonds is 4. The van der Waals surface area contributed by atoms with E-state index in [1.807, 2.05) is 24.4 Å². The number of aryl methyl sites for hydroxylation is 1. The van der Waals surface area contributed by atoms with Crippen molar-refractivity contribution >= 4 is 0 Å². The minimum absolute atomic E-state index is 0.0336. The van der Waals surface area contributed by atoms with Gasteiger partial charge in [0.15, 0.2) is 0 Å². The Balaban J connectivity index is 1.50. The smallest absolute Gasteiger partial charge is 0.111 e. The van der Waals surface area contributed by atoms with Gasteiger partial charge in [0.2, 0.25) is 0 Å².